The summed E-state index contributed by atoms with van der Waals surface area (Å²) in [7, 11) is 0. The summed E-state index contributed by atoms with van der Waals surface area (Å²) in [5.41, 5.74) is 0.131. The Hall–Kier alpha value is -1.39. The van der Waals surface area contributed by atoms with Gasteiger partial charge in [0.25, 0.3) is 0 Å². The monoisotopic (exact) mass is 288 g/mol. The van der Waals surface area contributed by atoms with E-state index >= 15 is 0 Å². The molecule has 0 aromatic heterocycles. The first kappa shape index (κ1) is 14.7. The number of aliphatic carboxylic acids is 1. The summed E-state index contributed by atoms with van der Waals surface area (Å²) >= 11 is 11.6. The number of carboxylic acid groups (broad SMARTS) is 1. The van der Waals surface area contributed by atoms with Crippen LogP contribution in [0.5, 0.6) is 0 Å². The Kier molecular flexibility index (Phi) is 4.87. The second-order valence-corrected chi connectivity index (χ2v) is 4.70. The molecule has 1 N–H and O–H groups in total. The normalized spacial score (nSPS) is 15.4. The highest BCUT2D eigenvalue weighted by atomic mass is 35.5. The van der Waals surface area contributed by atoms with Gasteiger partial charge in [0, 0.05) is 12.0 Å². The number of carbonyl (C=O) groups is 3. The van der Waals surface area contributed by atoms with Gasteiger partial charge in [-0.25, -0.2) is 4.79 Å². The molecule has 0 amide bonds. The highest BCUT2D eigenvalue weighted by Gasteiger charge is 2.50. The number of halogens is 2. The fourth-order valence-electron chi connectivity index (χ4n) is 1.42. The standard InChI is InChI=1S/C12H10Cl2O4/c13-9(6-7-15)12(14,11(17)18)10(16)8-4-2-1-3-5-8/h1-5,7,9H,6H2,(H,17,18). The van der Waals surface area contributed by atoms with E-state index in [1.807, 2.05) is 0 Å². The van der Waals surface area contributed by atoms with Gasteiger partial charge in [-0.3, -0.25) is 4.79 Å². The molecule has 0 spiro atoms. The maximum Gasteiger partial charge on any atom is 0.334 e. The fourth-order valence-corrected chi connectivity index (χ4v) is 1.88. The second kappa shape index (κ2) is 5.98. The molecule has 0 bridgehead atoms. The van der Waals surface area contributed by atoms with Crippen molar-refractivity contribution < 1.29 is 19.5 Å². The molecule has 1 rings (SSSR count). The van der Waals surface area contributed by atoms with Crippen molar-refractivity contribution in [3.05, 3.63) is 35.9 Å². The number of benzene rings is 1. The average molecular weight is 289 g/mol. The Morgan fingerprint density at radius 2 is 1.89 bits per heavy atom. The lowest BCUT2D eigenvalue weighted by atomic mass is 9.92. The molecule has 0 heterocycles. The van der Waals surface area contributed by atoms with Gasteiger partial charge in [0.2, 0.25) is 4.87 Å². The molecule has 2 unspecified atom stereocenters. The van der Waals surface area contributed by atoms with Crippen LogP contribution in [0.3, 0.4) is 0 Å². The van der Waals surface area contributed by atoms with Gasteiger partial charge in [-0.1, -0.05) is 41.9 Å². The Labute approximate surface area is 114 Å². The van der Waals surface area contributed by atoms with E-state index in [0.29, 0.717) is 6.29 Å². The van der Waals surface area contributed by atoms with Crippen LogP contribution in [0.25, 0.3) is 0 Å². The zero-order valence-electron chi connectivity index (χ0n) is 9.18. The van der Waals surface area contributed by atoms with Gasteiger partial charge in [-0.05, 0) is 0 Å². The first-order chi connectivity index (χ1) is 8.44. The van der Waals surface area contributed by atoms with E-state index < -0.39 is 22.0 Å². The topological polar surface area (TPSA) is 71.4 Å². The number of rotatable bonds is 6. The molecule has 4 nitrogen and oxygen atoms in total. The van der Waals surface area contributed by atoms with Crippen molar-refractivity contribution in [1.29, 1.82) is 0 Å². The van der Waals surface area contributed by atoms with Crippen molar-refractivity contribution in [3.8, 4) is 0 Å². The fraction of sp³-hybridized carbons (Fsp3) is 0.250. The molecule has 0 saturated heterocycles. The van der Waals surface area contributed by atoms with Crippen LogP contribution in [0, 0.1) is 0 Å². The van der Waals surface area contributed by atoms with Gasteiger partial charge in [0.05, 0.1) is 5.38 Å². The van der Waals surface area contributed by atoms with Crippen molar-refractivity contribution in [3.63, 3.8) is 0 Å². The highest BCUT2D eigenvalue weighted by molar-refractivity contribution is 6.52. The van der Waals surface area contributed by atoms with Crippen LogP contribution >= 0.6 is 23.2 Å². The molecule has 6 heteroatoms. The largest absolute Gasteiger partial charge is 0.480 e. The number of alkyl halides is 2. The highest BCUT2D eigenvalue weighted by Crippen LogP contribution is 2.31. The molecule has 1 aromatic rings. The van der Waals surface area contributed by atoms with Gasteiger partial charge in [-0.2, -0.15) is 0 Å². The molecule has 18 heavy (non-hydrogen) atoms. The van der Waals surface area contributed by atoms with E-state index in [2.05, 4.69) is 0 Å². The molecule has 0 aliphatic rings. The molecule has 1 aromatic carbocycles. The third-order valence-corrected chi connectivity index (χ3v) is 3.63. The number of hydrogen-bond acceptors (Lipinski definition) is 3. The lowest BCUT2D eigenvalue weighted by Crippen LogP contribution is -2.49. The third-order valence-electron chi connectivity index (χ3n) is 2.41. The van der Waals surface area contributed by atoms with Crippen molar-refractivity contribution in [2.75, 3.05) is 0 Å². The number of aldehydes is 1. The predicted molar refractivity (Wildman–Crippen MR) is 67.3 cm³/mol. The summed E-state index contributed by atoms with van der Waals surface area (Å²) < 4.78 is 0. The maximum absolute atomic E-state index is 12.1. The molecule has 96 valence electrons. The van der Waals surface area contributed by atoms with Crippen molar-refractivity contribution in [1.82, 2.24) is 0 Å². The average Bonchev–Trinajstić information content (AvgIpc) is 2.37. The minimum atomic E-state index is -2.34. The Bertz CT molecular complexity index is 460. The summed E-state index contributed by atoms with van der Waals surface area (Å²) in [5, 5.41) is 7.79. The molecule has 0 aliphatic carbocycles. The molecule has 2 atom stereocenters. The van der Waals surface area contributed by atoms with Crippen molar-refractivity contribution in [2.45, 2.75) is 16.7 Å². The number of hydrogen-bond donors (Lipinski definition) is 1. The van der Waals surface area contributed by atoms with E-state index in [1.54, 1.807) is 18.2 Å². The van der Waals surface area contributed by atoms with Gasteiger partial charge in [-0.15, -0.1) is 11.6 Å². The number of Topliss-reactive ketones (excluding diaryl/α,β-unsaturated/α-hetero) is 1. The van der Waals surface area contributed by atoms with Crippen LogP contribution in [0.4, 0.5) is 0 Å². The van der Waals surface area contributed by atoms with Crippen LogP contribution < -0.4 is 0 Å². The van der Waals surface area contributed by atoms with Gasteiger partial charge in [0.15, 0.2) is 5.78 Å². The Morgan fingerprint density at radius 1 is 1.33 bits per heavy atom. The molecular formula is C12H10Cl2O4. The maximum atomic E-state index is 12.1. The minimum Gasteiger partial charge on any atom is -0.480 e. The van der Waals surface area contributed by atoms with Gasteiger partial charge in [0.1, 0.15) is 6.29 Å². The quantitative estimate of drug-likeness (QED) is 0.377. The van der Waals surface area contributed by atoms with E-state index in [4.69, 9.17) is 28.3 Å². The molecule has 0 saturated carbocycles. The van der Waals surface area contributed by atoms with E-state index in [-0.39, 0.29) is 12.0 Å². The van der Waals surface area contributed by atoms with Crippen molar-refractivity contribution >= 4 is 41.2 Å². The Morgan fingerprint density at radius 3 is 2.33 bits per heavy atom. The van der Waals surface area contributed by atoms with E-state index in [1.165, 1.54) is 12.1 Å². The van der Waals surface area contributed by atoms with Crippen LogP contribution in [0.2, 0.25) is 0 Å². The van der Waals surface area contributed by atoms with Crippen LogP contribution in [0.15, 0.2) is 30.3 Å². The lowest BCUT2D eigenvalue weighted by molar-refractivity contribution is -0.138. The van der Waals surface area contributed by atoms with Gasteiger partial charge < -0.3 is 9.90 Å². The lowest BCUT2D eigenvalue weighted by Gasteiger charge is -2.24. The van der Waals surface area contributed by atoms with Crippen LogP contribution in [0.1, 0.15) is 16.8 Å². The third kappa shape index (κ3) is 2.71. The zero-order chi connectivity index (χ0) is 13.8. The minimum absolute atomic E-state index is 0.131. The zero-order valence-corrected chi connectivity index (χ0v) is 10.7. The second-order valence-electron chi connectivity index (χ2n) is 3.58. The number of carboxylic acids is 1. The van der Waals surface area contributed by atoms with E-state index in [9.17, 15) is 14.4 Å². The van der Waals surface area contributed by atoms with Gasteiger partial charge >= 0.3 is 5.97 Å². The molecule has 0 radical (unpaired) electrons. The number of carbonyl (C=O) groups excluding carboxylic acids is 2. The molecule has 0 aliphatic heterocycles. The number of ketones is 1. The van der Waals surface area contributed by atoms with Crippen LogP contribution in [-0.4, -0.2) is 33.4 Å². The summed E-state index contributed by atoms with van der Waals surface area (Å²) in [5.74, 6) is -2.40. The van der Waals surface area contributed by atoms with E-state index in [0.717, 1.165) is 0 Å². The molecule has 0 fully saturated rings. The summed E-state index contributed by atoms with van der Waals surface area (Å²) in [6.45, 7) is 0. The van der Waals surface area contributed by atoms with Crippen LogP contribution in [-0.2, 0) is 9.59 Å². The summed E-state index contributed by atoms with van der Waals surface area (Å²) in [6.07, 6.45) is 0.103. The summed E-state index contributed by atoms with van der Waals surface area (Å²) in [4.78, 5) is 31.4. The van der Waals surface area contributed by atoms with Crippen molar-refractivity contribution in [2.24, 2.45) is 0 Å². The first-order valence-electron chi connectivity index (χ1n) is 5.04. The molecular weight excluding hydrogens is 279 g/mol. The smallest absolute Gasteiger partial charge is 0.334 e. The summed E-state index contributed by atoms with van der Waals surface area (Å²) in [6, 6.07) is 7.71. The first-order valence-corrected chi connectivity index (χ1v) is 5.86. The SMILES string of the molecule is O=CCC(Cl)C(Cl)(C(=O)O)C(=O)c1ccccc1. The Balaban J connectivity index is 3.17. The predicted octanol–water partition coefficient (Wildman–Crippen LogP) is 2.13.